The van der Waals surface area contributed by atoms with Crippen LogP contribution in [-0.2, 0) is 11.3 Å². The van der Waals surface area contributed by atoms with Crippen LogP contribution in [0, 0.1) is 0 Å². The number of hydrogen-bond donors (Lipinski definition) is 1. The maximum absolute atomic E-state index is 6.06. The Morgan fingerprint density at radius 3 is 2.19 bits per heavy atom. The van der Waals surface area contributed by atoms with Crippen molar-refractivity contribution < 1.29 is 9.47 Å². The van der Waals surface area contributed by atoms with Crippen LogP contribution in [0.4, 0.5) is 0 Å². The molecule has 0 saturated carbocycles. The second-order valence-electron chi connectivity index (χ2n) is 4.99. The molecular weight excluding hydrogens is 330 g/mol. The van der Waals surface area contributed by atoms with Crippen LogP contribution >= 0.6 is 15.9 Å². The van der Waals surface area contributed by atoms with Gasteiger partial charge in [0.25, 0.3) is 0 Å². The molecule has 2 aromatic rings. The zero-order valence-corrected chi connectivity index (χ0v) is 13.8. The van der Waals surface area contributed by atoms with Crippen LogP contribution in [0.2, 0.25) is 0 Å². The Labute approximate surface area is 134 Å². The van der Waals surface area contributed by atoms with Crippen LogP contribution in [0.15, 0.2) is 53.0 Å². The van der Waals surface area contributed by atoms with E-state index < -0.39 is 0 Å². The first-order valence-electron chi connectivity index (χ1n) is 6.85. The minimum absolute atomic E-state index is 0.0890. The van der Waals surface area contributed by atoms with Crippen LogP contribution < -0.4 is 10.5 Å². The Morgan fingerprint density at radius 2 is 1.67 bits per heavy atom. The lowest BCUT2D eigenvalue weighted by molar-refractivity contribution is 0.0259. The summed E-state index contributed by atoms with van der Waals surface area (Å²) in [4.78, 5) is 0. The molecule has 0 fully saturated rings. The standard InChI is InChI=1S/C17H20BrNO2/c1-12(19)17(14-5-9-16(20-2)10-6-14)21-11-13-3-7-15(18)8-4-13/h3-10,12,17H,11,19H2,1-2H3. The Bertz CT molecular complexity index is 552. The maximum atomic E-state index is 6.06. The van der Waals surface area contributed by atoms with Crippen molar-refractivity contribution in [3.8, 4) is 5.75 Å². The van der Waals surface area contributed by atoms with E-state index in [1.54, 1.807) is 7.11 Å². The van der Waals surface area contributed by atoms with E-state index in [0.29, 0.717) is 6.61 Å². The molecule has 2 aromatic carbocycles. The summed E-state index contributed by atoms with van der Waals surface area (Å²) in [5.41, 5.74) is 8.24. The van der Waals surface area contributed by atoms with Crippen molar-refractivity contribution in [2.24, 2.45) is 5.73 Å². The Kier molecular flexibility index (Phi) is 5.79. The van der Waals surface area contributed by atoms with Crippen molar-refractivity contribution in [1.82, 2.24) is 0 Å². The van der Waals surface area contributed by atoms with Crippen LogP contribution in [0.3, 0.4) is 0 Å². The maximum Gasteiger partial charge on any atom is 0.118 e. The molecule has 112 valence electrons. The second kappa shape index (κ2) is 7.59. The number of ether oxygens (including phenoxy) is 2. The Hall–Kier alpha value is -1.36. The van der Waals surface area contributed by atoms with Gasteiger partial charge in [0, 0.05) is 10.5 Å². The first-order valence-corrected chi connectivity index (χ1v) is 7.65. The van der Waals surface area contributed by atoms with Gasteiger partial charge in [-0.1, -0.05) is 40.2 Å². The molecular formula is C17H20BrNO2. The summed E-state index contributed by atoms with van der Waals surface area (Å²) in [5, 5.41) is 0. The van der Waals surface area contributed by atoms with Crippen molar-refractivity contribution in [3.05, 3.63) is 64.1 Å². The number of rotatable bonds is 6. The minimum Gasteiger partial charge on any atom is -0.497 e. The summed E-state index contributed by atoms with van der Waals surface area (Å²) in [6.07, 6.45) is -0.139. The van der Waals surface area contributed by atoms with Gasteiger partial charge < -0.3 is 15.2 Å². The molecule has 0 bridgehead atoms. The molecule has 2 unspecified atom stereocenters. The van der Waals surface area contributed by atoms with Crippen molar-refractivity contribution in [3.63, 3.8) is 0 Å². The lowest BCUT2D eigenvalue weighted by atomic mass is 10.0. The Morgan fingerprint density at radius 1 is 1.05 bits per heavy atom. The number of halogens is 1. The number of hydrogen-bond acceptors (Lipinski definition) is 3. The molecule has 2 atom stereocenters. The van der Waals surface area contributed by atoms with Crippen molar-refractivity contribution in [2.75, 3.05) is 7.11 Å². The highest BCUT2D eigenvalue weighted by molar-refractivity contribution is 9.10. The topological polar surface area (TPSA) is 44.5 Å². The smallest absolute Gasteiger partial charge is 0.118 e. The summed E-state index contributed by atoms with van der Waals surface area (Å²) >= 11 is 3.43. The predicted molar refractivity (Wildman–Crippen MR) is 88.3 cm³/mol. The summed E-state index contributed by atoms with van der Waals surface area (Å²) in [7, 11) is 1.65. The molecule has 4 heteroatoms. The van der Waals surface area contributed by atoms with Gasteiger partial charge in [-0.3, -0.25) is 0 Å². The van der Waals surface area contributed by atoms with Crippen LogP contribution in [0.25, 0.3) is 0 Å². The number of nitrogens with two attached hydrogens (primary N) is 1. The highest BCUT2D eigenvalue weighted by Gasteiger charge is 2.17. The summed E-state index contributed by atoms with van der Waals surface area (Å²) < 4.78 is 12.2. The Balaban J connectivity index is 2.06. The largest absolute Gasteiger partial charge is 0.497 e. The van der Waals surface area contributed by atoms with Gasteiger partial charge in [-0.2, -0.15) is 0 Å². The van der Waals surface area contributed by atoms with Crippen molar-refractivity contribution in [2.45, 2.75) is 25.7 Å². The third-order valence-electron chi connectivity index (χ3n) is 3.26. The van der Waals surface area contributed by atoms with Gasteiger partial charge in [-0.05, 0) is 42.3 Å². The zero-order chi connectivity index (χ0) is 15.2. The molecule has 0 aliphatic heterocycles. The van der Waals surface area contributed by atoms with Gasteiger partial charge in [0.1, 0.15) is 5.75 Å². The monoisotopic (exact) mass is 349 g/mol. The molecule has 0 aromatic heterocycles. The molecule has 0 amide bonds. The van der Waals surface area contributed by atoms with Crippen LogP contribution in [0.5, 0.6) is 5.75 Å². The van der Waals surface area contributed by atoms with Gasteiger partial charge in [-0.15, -0.1) is 0 Å². The first-order chi connectivity index (χ1) is 10.1. The summed E-state index contributed by atoms with van der Waals surface area (Å²) in [6.45, 7) is 2.49. The normalized spacial score (nSPS) is 13.7. The molecule has 0 aliphatic rings. The van der Waals surface area contributed by atoms with E-state index >= 15 is 0 Å². The average Bonchev–Trinajstić information content (AvgIpc) is 2.49. The first kappa shape index (κ1) is 16.0. The fraction of sp³-hybridized carbons (Fsp3) is 0.294. The average molecular weight is 350 g/mol. The lowest BCUT2D eigenvalue weighted by Crippen LogP contribution is -2.26. The molecule has 0 saturated heterocycles. The van der Waals surface area contributed by atoms with E-state index in [1.807, 2.05) is 55.5 Å². The minimum atomic E-state index is -0.139. The molecule has 21 heavy (non-hydrogen) atoms. The number of benzene rings is 2. The fourth-order valence-electron chi connectivity index (χ4n) is 2.11. The third-order valence-corrected chi connectivity index (χ3v) is 3.79. The molecule has 2 rings (SSSR count). The van der Waals surface area contributed by atoms with Crippen molar-refractivity contribution >= 4 is 15.9 Å². The van der Waals surface area contributed by atoms with Gasteiger partial charge >= 0.3 is 0 Å². The third kappa shape index (κ3) is 4.56. The molecule has 3 nitrogen and oxygen atoms in total. The van der Waals surface area contributed by atoms with Crippen LogP contribution in [-0.4, -0.2) is 13.2 Å². The fourth-order valence-corrected chi connectivity index (χ4v) is 2.38. The van der Waals surface area contributed by atoms with Gasteiger partial charge in [0.05, 0.1) is 19.8 Å². The van der Waals surface area contributed by atoms with Gasteiger partial charge in [-0.25, -0.2) is 0 Å². The molecule has 0 spiro atoms. The van der Waals surface area contributed by atoms with Crippen LogP contribution in [0.1, 0.15) is 24.2 Å². The van der Waals surface area contributed by atoms with Gasteiger partial charge in [0.15, 0.2) is 0 Å². The van der Waals surface area contributed by atoms with Gasteiger partial charge in [0.2, 0.25) is 0 Å². The SMILES string of the molecule is COc1ccc(C(OCc2ccc(Br)cc2)C(C)N)cc1. The number of methoxy groups -OCH3 is 1. The predicted octanol–water partition coefficient (Wildman–Crippen LogP) is 4.06. The zero-order valence-electron chi connectivity index (χ0n) is 12.3. The van der Waals surface area contributed by atoms with E-state index in [9.17, 15) is 0 Å². The van der Waals surface area contributed by atoms with E-state index in [2.05, 4.69) is 15.9 Å². The molecule has 0 radical (unpaired) electrons. The highest BCUT2D eigenvalue weighted by atomic mass is 79.9. The quantitative estimate of drug-likeness (QED) is 0.854. The summed E-state index contributed by atoms with van der Waals surface area (Å²) in [6, 6.07) is 15.8. The van der Waals surface area contributed by atoms with E-state index in [0.717, 1.165) is 21.3 Å². The second-order valence-corrected chi connectivity index (χ2v) is 5.91. The summed E-state index contributed by atoms with van der Waals surface area (Å²) in [5.74, 6) is 0.829. The lowest BCUT2D eigenvalue weighted by Gasteiger charge is -2.22. The molecule has 2 N–H and O–H groups in total. The van der Waals surface area contributed by atoms with Crippen molar-refractivity contribution in [1.29, 1.82) is 0 Å². The van der Waals surface area contributed by atoms with E-state index in [1.165, 1.54) is 0 Å². The van der Waals surface area contributed by atoms with E-state index in [4.69, 9.17) is 15.2 Å². The van der Waals surface area contributed by atoms with E-state index in [-0.39, 0.29) is 12.1 Å². The molecule has 0 heterocycles. The molecule has 0 aliphatic carbocycles. The highest BCUT2D eigenvalue weighted by Crippen LogP contribution is 2.24.